The molecule has 1 N–H and O–H groups in total. The summed E-state index contributed by atoms with van der Waals surface area (Å²) in [5.41, 5.74) is 3.79. The smallest absolute Gasteiger partial charge is 0.227 e. The van der Waals surface area contributed by atoms with E-state index < -0.39 is 0 Å². The summed E-state index contributed by atoms with van der Waals surface area (Å²) in [5.74, 6) is 0.953. The zero-order valence-corrected chi connectivity index (χ0v) is 17.3. The molecule has 156 valence electrons. The second-order valence-electron chi connectivity index (χ2n) is 7.01. The van der Waals surface area contributed by atoms with Gasteiger partial charge in [-0.2, -0.15) is 10.4 Å². The highest BCUT2D eigenvalue weighted by atomic mass is 16.5. The van der Waals surface area contributed by atoms with Crippen molar-refractivity contribution in [1.82, 2.24) is 40.0 Å². The van der Waals surface area contributed by atoms with Gasteiger partial charge in [0.25, 0.3) is 0 Å². The fraction of sp³-hybridized carbons (Fsp3) is 0.250. The number of aryl methyl sites for hydroxylation is 2. The number of aromatic nitrogens is 8. The van der Waals surface area contributed by atoms with E-state index in [4.69, 9.17) is 4.74 Å². The summed E-state index contributed by atoms with van der Waals surface area (Å²) in [5, 5.41) is 27.9. The van der Waals surface area contributed by atoms with Crippen LogP contribution in [0, 0.1) is 18.3 Å². The second kappa shape index (κ2) is 8.58. The van der Waals surface area contributed by atoms with Gasteiger partial charge in [-0.3, -0.25) is 4.68 Å². The highest BCUT2D eigenvalue weighted by Gasteiger charge is 2.13. The number of nitrogens with one attached hydrogen (secondary N) is 1. The number of anilines is 2. The van der Waals surface area contributed by atoms with Gasteiger partial charge in [0.15, 0.2) is 0 Å². The third-order valence-corrected chi connectivity index (χ3v) is 4.51. The molecule has 31 heavy (non-hydrogen) atoms. The van der Waals surface area contributed by atoms with Crippen LogP contribution in [0.5, 0.6) is 5.75 Å². The summed E-state index contributed by atoms with van der Waals surface area (Å²) >= 11 is 0. The predicted octanol–water partition coefficient (Wildman–Crippen LogP) is 2.25. The molecule has 0 saturated carbocycles. The third kappa shape index (κ3) is 4.64. The molecule has 4 aromatic rings. The molecule has 0 unspecified atom stereocenters. The Morgan fingerprint density at radius 3 is 2.68 bits per heavy atom. The van der Waals surface area contributed by atoms with Crippen LogP contribution in [-0.2, 0) is 13.6 Å². The van der Waals surface area contributed by atoms with Crippen molar-refractivity contribution >= 4 is 11.6 Å². The lowest BCUT2D eigenvalue weighted by Crippen LogP contribution is -2.20. The fourth-order valence-electron chi connectivity index (χ4n) is 3.06. The van der Waals surface area contributed by atoms with E-state index in [-0.39, 0.29) is 6.10 Å². The molecular weight excluding hydrogens is 396 g/mol. The maximum atomic E-state index is 9.44. The number of tetrazole rings is 1. The Labute approximate surface area is 178 Å². The van der Waals surface area contributed by atoms with Crippen molar-refractivity contribution in [3.63, 3.8) is 0 Å². The van der Waals surface area contributed by atoms with Gasteiger partial charge in [-0.15, -0.1) is 5.10 Å². The van der Waals surface area contributed by atoms with Crippen LogP contribution in [0.25, 0.3) is 11.1 Å². The fourth-order valence-corrected chi connectivity index (χ4v) is 3.06. The van der Waals surface area contributed by atoms with Crippen LogP contribution in [-0.4, -0.2) is 46.1 Å². The van der Waals surface area contributed by atoms with E-state index >= 15 is 0 Å². The average Bonchev–Trinajstić information content (AvgIpc) is 3.37. The summed E-state index contributed by atoms with van der Waals surface area (Å²) in [6, 6.07) is 7.54. The molecule has 0 radical (unpaired) electrons. The molecule has 0 bridgehead atoms. The zero-order chi connectivity index (χ0) is 21.8. The first kappa shape index (κ1) is 20.0. The molecule has 0 aliphatic heterocycles. The van der Waals surface area contributed by atoms with Crippen molar-refractivity contribution in [1.29, 1.82) is 5.26 Å². The van der Waals surface area contributed by atoms with Crippen molar-refractivity contribution in [2.45, 2.75) is 26.5 Å². The summed E-state index contributed by atoms with van der Waals surface area (Å²) in [4.78, 5) is 8.79. The summed E-state index contributed by atoms with van der Waals surface area (Å²) in [7, 11) is 1.86. The van der Waals surface area contributed by atoms with Gasteiger partial charge in [-0.1, -0.05) is 6.07 Å². The molecule has 1 atom stereocenters. The predicted molar refractivity (Wildman–Crippen MR) is 111 cm³/mol. The van der Waals surface area contributed by atoms with Gasteiger partial charge in [-0.25, -0.2) is 14.6 Å². The van der Waals surface area contributed by atoms with Crippen LogP contribution in [0.3, 0.4) is 0 Å². The van der Waals surface area contributed by atoms with Gasteiger partial charge in [0.1, 0.15) is 24.3 Å². The SMILES string of the molecule is Cc1nn(C)cc1Nc1ncc(-c2ccc(C#N)c(O[C@@H](C)Cn3cnnn3)c2)cn1. The first-order valence-corrected chi connectivity index (χ1v) is 9.53. The Kier molecular flexibility index (Phi) is 5.53. The molecule has 3 aromatic heterocycles. The lowest BCUT2D eigenvalue weighted by Gasteiger charge is -2.16. The molecule has 4 rings (SSSR count). The highest BCUT2D eigenvalue weighted by molar-refractivity contribution is 5.67. The molecular formula is C20H20N10O. The van der Waals surface area contributed by atoms with Crippen molar-refractivity contribution in [2.75, 3.05) is 5.32 Å². The zero-order valence-electron chi connectivity index (χ0n) is 17.3. The average molecular weight is 416 g/mol. The first-order chi connectivity index (χ1) is 15.0. The van der Waals surface area contributed by atoms with E-state index in [2.05, 4.69) is 42.0 Å². The van der Waals surface area contributed by atoms with Gasteiger partial charge in [0.2, 0.25) is 5.95 Å². The molecule has 0 fully saturated rings. The van der Waals surface area contributed by atoms with Gasteiger partial charge in [0, 0.05) is 31.2 Å². The third-order valence-electron chi connectivity index (χ3n) is 4.51. The second-order valence-corrected chi connectivity index (χ2v) is 7.01. The van der Waals surface area contributed by atoms with Crippen molar-refractivity contribution < 1.29 is 4.74 Å². The van der Waals surface area contributed by atoms with E-state index in [1.54, 1.807) is 27.8 Å². The molecule has 11 heteroatoms. The lowest BCUT2D eigenvalue weighted by molar-refractivity contribution is 0.192. The Balaban J connectivity index is 1.51. The Morgan fingerprint density at radius 2 is 2.03 bits per heavy atom. The van der Waals surface area contributed by atoms with E-state index in [1.807, 2.05) is 39.2 Å². The van der Waals surface area contributed by atoms with E-state index in [0.29, 0.717) is 23.8 Å². The van der Waals surface area contributed by atoms with Gasteiger partial charge < -0.3 is 10.1 Å². The van der Waals surface area contributed by atoms with Crippen LogP contribution in [0.15, 0.2) is 43.1 Å². The largest absolute Gasteiger partial charge is 0.487 e. The molecule has 0 saturated heterocycles. The number of benzene rings is 1. The van der Waals surface area contributed by atoms with Crippen molar-refractivity contribution in [3.05, 3.63) is 54.4 Å². The van der Waals surface area contributed by atoms with E-state index in [1.165, 1.54) is 6.33 Å². The number of ether oxygens (including phenoxy) is 1. The first-order valence-electron chi connectivity index (χ1n) is 9.53. The summed E-state index contributed by atoms with van der Waals surface area (Å²) < 4.78 is 9.29. The van der Waals surface area contributed by atoms with Crippen LogP contribution >= 0.6 is 0 Å². The minimum atomic E-state index is -0.239. The highest BCUT2D eigenvalue weighted by Crippen LogP contribution is 2.28. The van der Waals surface area contributed by atoms with Crippen LogP contribution in [0.4, 0.5) is 11.6 Å². The van der Waals surface area contributed by atoms with E-state index in [0.717, 1.165) is 22.5 Å². The maximum absolute atomic E-state index is 9.44. The molecule has 0 aliphatic carbocycles. The number of hydrogen-bond donors (Lipinski definition) is 1. The standard InChI is InChI=1S/C20H20N10O/c1-13(10-30-12-24-27-28-30)31-19-6-15(4-5-16(19)7-21)17-8-22-20(23-9-17)25-18-11-29(3)26-14(18)2/h4-6,8-9,11-13H,10H2,1-3H3,(H,22,23,25)/t13-/m0/s1. The summed E-state index contributed by atoms with van der Waals surface area (Å²) in [6.07, 6.45) is 6.58. The molecule has 0 amide bonds. The van der Waals surface area contributed by atoms with Crippen molar-refractivity contribution in [2.24, 2.45) is 7.05 Å². The molecule has 11 nitrogen and oxygen atoms in total. The van der Waals surface area contributed by atoms with Crippen molar-refractivity contribution in [3.8, 4) is 22.9 Å². The number of nitrogens with zero attached hydrogens (tertiary/aromatic N) is 9. The number of rotatable bonds is 7. The molecule has 1 aromatic carbocycles. The Morgan fingerprint density at radius 1 is 1.23 bits per heavy atom. The minimum Gasteiger partial charge on any atom is -0.487 e. The molecule has 0 aliphatic rings. The molecule has 0 spiro atoms. The van der Waals surface area contributed by atoms with Gasteiger partial charge in [0.05, 0.1) is 23.5 Å². The normalized spacial score (nSPS) is 11.7. The Bertz CT molecular complexity index is 1210. The van der Waals surface area contributed by atoms with Crippen LogP contribution in [0.2, 0.25) is 0 Å². The summed E-state index contributed by atoms with van der Waals surface area (Å²) in [6.45, 7) is 4.26. The van der Waals surface area contributed by atoms with Crippen LogP contribution < -0.4 is 10.1 Å². The lowest BCUT2D eigenvalue weighted by atomic mass is 10.1. The van der Waals surface area contributed by atoms with Gasteiger partial charge >= 0.3 is 0 Å². The quantitative estimate of drug-likeness (QED) is 0.481. The number of nitriles is 1. The van der Waals surface area contributed by atoms with E-state index in [9.17, 15) is 5.26 Å². The van der Waals surface area contributed by atoms with Gasteiger partial charge in [-0.05, 0) is 42.0 Å². The Hall–Kier alpha value is -4.33. The monoisotopic (exact) mass is 416 g/mol. The minimum absolute atomic E-state index is 0.239. The number of hydrogen-bond acceptors (Lipinski definition) is 9. The van der Waals surface area contributed by atoms with Crippen LogP contribution in [0.1, 0.15) is 18.2 Å². The maximum Gasteiger partial charge on any atom is 0.227 e. The molecule has 3 heterocycles. The topological polar surface area (TPSA) is 132 Å².